The predicted molar refractivity (Wildman–Crippen MR) is 239 cm³/mol. The third-order valence-corrected chi connectivity index (χ3v) is 15.1. The van der Waals surface area contributed by atoms with Crippen LogP contribution in [0.1, 0.15) is 155 Å². The second-order valence-corrected chi connectivity index (χ2v) is 20.2. The van der Waals surface area contributed by atoms with Gasteiger partial charge >= 0.3 is 0 Å². The Bertz CT molecular complexity index is 2430. The van der Waals surface area contributed by atoms with Gasteiger partial charge in [0.05, 0.1) is 11.1 Å². The Morgan fingerprint density at radius 2 is 1.40 bits per heavy atom. The molecule has 10 nitrogen and oxygen atoms in total. The summed E-state index contributed by atoms with van der Waals surface area (Å²) in [6, 6.07) is 28.7. The molecule has 4 aliphatic heterocycles. The molecule has 2 saturated heterocycles. The molecule has 4 aromatic rings. The summed E-state index contributed by atoms with van der Waals surface area (Å²) in [4.78, 5) is 70.5. The molecular formula is C53H58N4O6. The Hall–Kier alpha value is -5.61. The number of hydrogen-bond acceptors (Lipinski definition) is 7. The van der Waals surface area contributed by atoms with Crippen LogP contribution in [0.3, 0.4) is 0 Å². The number of fused-ring (bicyclic) bond motifs is 3. The predicted octanol–water partition coefficient (Wildman–Crippen LogP) is 8.56. The third kappa shape index (κ3) is 8.00. The number of carbonyl (C=O) groups excluding carboxylic acids is 5. The van der Waals surface area contributed by atoms with Gasteiger partial charge in [-0.2, -0.15) is 0 Å². The molecular weight excluding hydrogens is 789 g/mol. The highest BCUT2D eigenvalue weighted by Crippen LogP contribution is 2.49. The average Bonchev–Trinajstić information content (AvgIpc) is 3.78. The molecule has 1 N–H and O–H groups in total. The van der Waals surface area contributed by atoms with E-state index in [0.29, 0.717) is 28.4 Å². The monoisotopic (exact) mass is 846 g/mol. The van der Waals surface area contributed by atoms with Crippen molar-refractivity contribution in [3.8, 4) is 5.75 Å². The van der Waals surface area contributed by atoms with Crippen LogP contribution in [-0.2, 0) is 29.1 Å². The molecule has 5 amide bonds. The van der Waals surface area contributed by atoms with Gasteiger partial charge in [-0.05, 0) is 166 Å². The summed E-state index contributed by atoms with van der Waals surface area (Å²) in [6.45, 7) is 10.3. The maximum absolute atomic E-state index is 14.0. The van der Waals surface area contributed by atoms with Crippen molar-refractivity contribution >= 4 is 29.5 Å². The van der Waals surface area contributed by atoms with E-state index in [2.05, 4.69) is 109 Å². The maximum Gasteiger partial charge on any atom is 0.262 e. The molecule has 10 heteroatoms. The van der Waals surface area contributed by atoms with Gasteiger partial charge < -0.3 is 9.64 Å². The molecule has 2 aliphatic carbocycles. The van der Waals surface area contributed by atoms with E-state index in [1.165, 1.54) is 35.1 Å². The SMILES string of the molecule is CC(C)(C)Oc1ccc2c(c1)CC[C@H](c1ccccc1)[C@@H]2c1ccc(C(=O)N2CCC3(CCC(CN4Cc5cc6c(cc5C4)C(=O)N(C4CCC(=O)NC4=O)C6=O)CC3)CC2)cc1. The number of aryl methyl sites for hydroxylation is 1. The molecule has 4 heterocycles. The number of imide groups is 2. The van der Waals surface area contributed by atoms with Gasteiger partial charge in [0.2, 0.25) is 11.8 Å². The summed E-state index contributed by atoms with van der Waals surface area (Å²) in [5, 5.41) is 2.27. The molecule has 1 spiro atoms. The highest BCUT2D eigenvalue weighted by molar-refractivity contribution is 6.23. The molecule has 3 fully saturated rings. The third-order valence-electron chi connectivity index (χ3n) is 15.1. The first-order valence-electron chi connectivity index (χ1n) is 23.2. The van der Waals surface area contributed by atoms with E-state index in [1.807, 2.05) is 12.1 Å². The number of amides is 5. The average molecular weight is 847 g/mol. The van der Waals surface area contributed by atoms with Crippen molar-refractivity contribution in [2.45, 2.75) is 122 Å². The minimum atomic E-state index is -0.953. The largest absolute Gasteiger partial charge is 0.488 e. The van der Waals surface area contributed by atoms with Crippen molar-refractivity contribution < 1.29 is 28.7 Å². The lowest BCUT2D eigenvalue weighted by atomic mass is 9.65. The maximum atomic E-state index is 14.0. The van der Waals surface area contributed by atoms with Gasteiger partial charge in [0.25, 0.3) is 17.7 Å². The molecule has 6 aliphatic rings. The van der Waals surface area contributed by atoms with E-state index in [9.17, 15) is 24.0 Å². The standard InChI is InChI=1S/C53H58N4O6/c1-52(2,3)63-40-14-16-42-37(27-40)13-15-41(34-7-5-4-6-8-34)47(42)35-9-11-36(12-10-35)49(60)56-25-23-53(24-26-56)21-19-33(20-22-53)30-55-31-38-28-43-44(29-39(38)32-55)51(62)57(50(43)61)45-17-18-46(58)54-48(45)59/h4-12,14,16,27-29,33,41,45,47H,13,15,17-26,30-32H2,1-3H3,(H,54,58,59)/t41-,45?,47+/m1/s1. The van der Waals surface area contributed by atoms with Crippen molar-refractivity contribution in [1.82, 2.24) is 20.0 Å². The van der Waals surface area contributed by atoms with E-state index < -0.39 is 23.8 Å². The van der Waals surface area contributed by atoms with Crippen molar-refractivity contribution in [1.29, 1.82) is 0 Å². The van der Waals surface area contributed by atoms with E-state index >= 15 is 0 Å². The molecule has 0 aromatic heterocycles. The van der Waals surface area contributed by atoms with Crippen LogP contribution >= 0.6 is 0 Å². The topological polar surface area (TPSA) is 116 Å². The van der Waals surface area contributed by atoms with Crippen LogP contribution in [0.15, 0.2) is 84.9 Å². The number of hydrogen-bond donors (Lipinski definition) is 1. The molecule has 1 unspecified atom stereocenters. The van der Waals surface area contributed by atoms with Crippen molar-refractivity contribution in [2.24, 2.45) is 11.3 Å². The van der Waals surface area contributed by atoms with Gasteiger partial charge in [0, 0.05) is 50.6 Å². The zero-order valence-electron chi connectivity index (χ0n) is 36.8. The number of ether oxygens (including phenoxy) is 1. The normalized spacial score (nSPS) is 23.7. The number of rotatable bonds is 7. The quantitative estimate of drug-likeness (QED) is 0.186. The van der Waals surface area contributed by atoms with Crippen molar-refractivity contribution in [3.05, 3.63) is 135 Å². The zero-order valence-corrected chi connectivity index (χ0v) is 36.8. The fraction of sp³-hybridized carbons (Fsp3) is 0.453. The number of carbonyl (C=O) groups is 5. The second-order valence-electron chi connectivity index (χ2n) is 20.2. The number of nitrogens with zero attached hydrogens (tertiary/aromatic N) is 3. The van der Waals surface area contributed by atoms with Gasteiger partial charge in [-0.1, -0.05) is 48.5 Å². The van der Waals surface area contributed by atoms with E-state index in [-0.39, 0.29) is 36.2 Å². The van der Waals surface area contributed by atoms with Crippen LogP contribution in [0, 0.1) is 11.3 Å². The Balaban J connectivity index is 0.737. The van der Waals surface area contributed by atoms with Gasteiger partial charge in [-0.25, -0.2) is 0 Å². The highest BCUT2D eigenvalue weighted by Gasteiger charge is 2.46. The first-order chi connectivity index (χ1) is 30.3. The Kier molecular flexibility index (Phi) is 10.6. The number of likely N-dealkylation sites (tertiary alicyclic amines) is 1. The fourth-order valence-electron chi connectivity index (χ4n) is 11.8. The fourth-order valence-corrected chi connectivity index (χ4v) is 11.8. The molecule has 3 atom stereocenters. The van der Waals surface area contributed by atoms with Crippen LogP contribution < -0.4 is 10.1 Å². The summed E-state index contributed by atoms with van der Waals surface area (Å²) >= 11 is 0. The minimum absolute atomic E-state index is 0.106. The van der Waals surface area contributed by atoms with Gasteiger partial charge in [-0.3, -0.25) is 39.1 Å². The molecule has 4 aromatic carbocycles. The van der Waals surface area contributed by atoms with E-state index in [1.54, 1.807) is 0 Å². The minimum Gasteiger partial charge on any atom is -0.488 e. The van der Waals surface area contributed by atoms with E-state index in [4.69, 9.17) is 4.74 Å². The Morgan fingerprint density at radius 3 is 2.03 bits per heavy atom. The van der Waals surface area contributed by atoms with Crippen LogP contribution in [0.25, 0.3) is 0 Å². The lowest BCUT2D eigenvalue weighted by Gasteiger charge is -2.46. The molecule has 63 heavy (non-hydrogen) atoms. The van der Waals surface area contributed by atoms with Gasteiger partial charge in [0.15, 0.2) is 0 Å². The van der Waals surface area contributed by atoms with Crippen LogP contribution in [0.2, 0.25) is 0 Å². The summed E-state index contributed by atoms with van der Waals surface area (Å²) in [5.74, 6) is 0.289. The number of nitrogens with one attached hydrogen (secondary N) is 1. The van der Waals surface area contributed by atoms with Crippen molar-refractivity contribution in [3.63, 3.8) is 0 Å². The summed E-state index contributed by atoms with van der Waals surface area (Å²) < 4.78 is 6.26. The lowest BCUT2D eigenvalue weighted by molar-refractivity contribution is -0.136. The van der Waals surface area contributed by atoms with Crippen molar-refractivity contribution in [2.75, 3.05) is 19.6 Å². The Labute approximate surface area is 370 Å². The molecule has 326 valence electrons. The highest BCUT2D eigenvalue weighted by atomic mass is 16.5. The summed E-state index contributed by atoms with van der Waals surface area (Å²) in [7, 11) is 0. The molecule has 10 rings (SSSR count). The number of benzene rings is 4. The van der Waals surface area contributed by atoms with Crippen LogP contribution in [0.4, 0.5) is 0 Å². The molecule has 1 saturated carbocycles. The summed E-state index contributed by atoms with van der Waals surface area (Å²) in [5.41, 5.74) is 8.92. The molecule has 0 radical (unpaired) electrons. The zero-order chi connectivity index (χ0) is 43.6. The van der Waals surface area contributed by atoms with Gasteiger partial charge in [0.1, 0.15) is 17.4 Å². The van der Waals surface area contributed by atoms with Crippen LogP contribution in [0.5, 0.6) is 5.75 Å². The first kappa shape index (κ1) is 41.4. The van der Waals surface area contributed by atoms with E-state index in [0.717, 1.165) is 98.6 Å². The lowest BCUT2D eigenvalue weighted by Crippen LogP contribution is -2.54. The number of piperidine rings is 2. The summed E-state index contributed by atoms with van der Waals surface area (Å²) in [6.07, 6.45) is 9.08. The molecule has 0 bridgehead atoms. The smallest absolute Gasteiger partial charge is 0.262 e. The first-order valence-corrected chi connectivity index (χ1v) is 23.2. The van der Waals surface area contributed by atoms with Gasteiger partial charge in [-0.15, -0.1) is 0 Å². The van der Waals surface area contributed by atoms with Crippen LogP contribution in [-0.4, -0.2) is 75.5 Å². The second kappa shape index (κ2) is 16.2. The Morgan fingerprint density at radius 1 is 0.730 bits per heavy atom.